The van der Waals surface area contributed by atoms with Crippen LogP contribution in [0.4, 0.5) is 0 Å². The summed E-state index contributed by atoms with van der Waals surface area (Å²) in [6, 6.07) is 12.2. The van der Waals surface area contributed by atoms with Crippen LogP contribution < -0.4 is 9.67 Å². The minimum absolute atomic E-state index is 0.0761. The van der Waals surface area contributed by atoms with Gasteiger partial charge in [-0.1, -0.05) is 40.2 Å². The summed E-state index contributed by atoms with van der Waals surface area (Å²) in [7, 11) is -4.22. The van der Waals surface area contributed by atoms with E-state index in [-0.39, 0.29) is 21.7 Å². The quantitative estimate of drug-likeness (QED) is 0.529. The number of halogens is 1. The number of hydrogen-bond donors (Lipinski definition) is 0. The molecule has 30 heavy (non-hydrogen) atoms. The average Bonchev–Trinajstić information content (AvgIpc) is 3.21. The van der Waals surface area contributed by atoms with Crippen LogP contribution >= 0.6 is 15.9 Å². The van der Waals surface area contributed by atoms with Crippen molar-refractivity contribution in [1.29, 1.82) is 0 Å². The molecule has 0 amide bonds. The third-order valence-electron chi connectivity index (χ3n) is 4.71. The van der Waals surface area contributed by atoms with E-state index in [1.54, 1.807) is 53.6 Å². The van der Waals surface area contributed by atoms with Gasteiger partial charge in [0.25, 0.3) is 10.0 Å². The van der Waals surface area contributed by atoms with Crippen LogP contribution in [0, 0.1) is 0 Å². The first kappa shape index (κ1) is 20.2. The highest BCUT2D eigenvalue weighted by atomic mass is 79.9. The summed E-state index contributed by atoms with van der Waals surface area (Å²) < 4.78 is 33.6. The summed E-state index contributed by atoms with van der Waals surface area (Å²) in [6.45, 7) is 2.56. The number of aromatic nitrogens is 2. The van der Waals surface area contributed by atoms with Crippen LogP contribution in [0.5, 0.6) is 0 Å². The normalized spacial score (nSPS) is 15.5. The number of benzene rings is 2. The van der Waals surface area contributed by atoms with Crippen LogP contribution in [0.15, 0.2) is 81.0 Å². The fourth-order valence-electron chi connectivity index (χ4n) is 3.17. The number of ketones is 1. The molecule has 7 nitrogen and oxygen atoms in total. The standard InChI is InChI=1S/C21H16BrN3O4S/c1-2-24-11-12-25(13-24)19-18(20(26)16-5-3-4-6-17(16)21(19)27)23-30(28,29)15-9-7-14(22)8-10-15/h3-13H,2H2,1H3. The molecule has 2 aromatic carbocycles. The van der Waals surface area contributed by atoms with Crippen LogP contribution in [-0.4, -0.2) is 24.5 Å². The van der Waals surface area contributed by atoms with E-state index in [1.807, 2.05) is 6.92 Å². The van der Waals surface area contributed by atoms with Crippen molar-refractivity contribution in [2.75, 3.05) is 0 Å². The molecule has 1 aliphatic rings. The molecule has 4 rings (SSSR count). The van der Waals surface area contributed by atoms with E-state index in [0.717, 1.165) is 0 Å². The Balaban J connectivity index is 1.96. The van der Waals surface area contributed by atoms with E-state index in [1.165, 1.54) is 22.8 Å². The fraction of sp³-hybridized carbons (Fsp3) is 0.0952. The number of carbonyl (C=O) groups is 1. The van der Waals surface area contributed by atoms with Gasteiger partial charge in [0.05, 0.1) is 11.4 Å². The van der Waals surface area contributed by atoms with Crippen LogP contribution in [0.1, 0.15) is 22.8 Å². The highest BCUT2D eigenvalue weighted by molar-refractivity contribution is 9.10. The Morgan fingerprint density at radius 3 is 2.40 bits per heavy atom. The smallest absolute Gasteiger partial charge is 0.283 e. The van der Waals surface area contributed by atoms with Crippen molar-refractivity contribution >= 4 is 48.9 Å². The zero-order valence-corrected chi connectivity index (χ0v) is 18.2. The Morgan fingerprint density at radius 1 is 1.10 bits per heavy atom. The first-order chi connectivity index (χ1) is 14.3. The van der Waals surface area contributed by atoms with Gasteiger partial charge < -0.3 is 5.11 Å². The zero-order chi connectivity index (χ0) is 21.5. The van der Waals surface area contributed by atoms with Crippen LogP contribution in [0.3, 0.4) is 0 Å². The summed E-state index contributed by atoms with van der Waals surface area (Å²) in [4.78, 5) is 13.1. The third kappa shape index (κ3) is 3.50. The van der Waals surface area contributed by atoms with Gasteiger partial charge in [-0.2, -0.15) is 12.8 Å². The van der Waals surface area contributed by atoms with E-state index in [0.29, 0.717) is 11.0 Å². The molecule has 0 unspecified atom stereocenters. The van der Waals surface area contributed by atoms with Gasteiger partial charge in [0, 0.05) is 10.0 Å². The average molecular weight is 486 g/mol. The minimum Gasteiger partial charge on any atom is -0.869 e. The second-order valence-corrected chi connectivity index (χ2v) is 9.09. The fourth-order valence-corrected chi connectivity index (χ4v) is 4.43. The Kier molecular flexibility index (Phi) is 5.17. The Hall–Kier alpha value is -3.04. The minimum atomic E-state index is -4.22. The summed E-state index contributed by atoms with van der Waals surface area (Å²) in [5.41, 5.74) is -0.146. The molecular weight excluding hydrogens is 470 g/mol. The number of nitrogens with zero attached hydrogens (tertiary/aromatic N) is 3. The number of sulfonamides is 1. The van der Waals surface area contributed by atoms with Crippen molar-refractivity contribution in [1.82, 2.24) is 4.57 Å². The number of imidazole rings is 1. The molecule has 0 N–H and O–H groups in total. The predicted molar refractivity (Wildman–Crippen MR) is 113 cm³/mol. The number of aryl methyl sites for hydroxylation is 1. The molecule has 0 spiro atoms. The third-order valence-corrected chi connectivity index (χ3v) is 6.53. The lowest BCUT2D eigenvalue weighted by molar-refractivity contribution is -0.692. The van der Waals surface area contributed by atoms with Gasteiger partial charge in [0.1, 0.15) is 12.4 Å². The van der Waals surface area contributed by atoms with Crippen LogP contribution in [-0.2, 0) is 16.6 Å². The lowest BCUT2D eigenvalue weighted by Gasteiger charge is -2.24. The number of hydrogen-bond acceptors (Lipinski definition) is 4. The van der Waals surface area contributed by atoms with Gasteiger partial charge in [0.15, 0.2) is 11.4 Å². The second-order valence-electron chi connectivity index (χ2n) is 6.57. The molecule has 3 aromatic rings. The Bertz CT molecular complexity index is 1320. The molecule has 9 heteroatoms. The maximum atomic E-state index is 13.2. The first-order valence-corrected chi connectivity index (χ1v) is 11.3. The first-order valence-electron chi connectivity index (χ1n) is 9.05. The molecule has 0 bridgehead atoms. The monoisotopic (exact) mass is 485 g/mol. The van der Waals surface area contributed by atoms with Gasteiger partial charge in [0.2, 0.25) is 12.1 Å². The predicted octanol–water partition coefficient (Wildman–Crippen LogP) is 2.27. The molecule has 0 fully saturated rings. The largest absolute Gasteiger partial charge is 0.869 e. The molecule has 1 aromatic heterocycles. The Labute approximate surface area is 181 Å². The number of allylic oxidation sites excluding steroid dienone is 1. The van der Waals surface area contributed by atoms with Gasteiger partial charge in [-0.3, -0.25) is 4.79 Å². The molecule has 0 radical (unpaired) electrons. The lowest BCUT2D eigenvalue weighted by Crippen LogP contribution is -2.32. The summed E-state index contributed by atoms with van der Waals surface area (Å²) in [6.07, 6.45) is 4.95. The van der Waals surface area contributed by atoms with Crippen molar-refractivity contribution in [3.63, 3.8) is 0 Å². The molecule has 0 atom stereocenters. The molecular formula is C21H16BrN3O4S. The molecule has 0 saturated carbocycles. The number of rotatable bonds is 4. The number of Topliss-reactive ketones (excluding diaryl/α,β-unsaturated/α-hetero) is 1. The SMILES string of the molecule is CC[n+]1ccn(C2=C([O-])c3ccccc3C(=O)/C2=N\S(=O)(=O)c2ccc(Br)cc2)c1. The second kappa shape index (κ2) is 7.66. The van der Waals surface area contributed by atoms with Crippen molar-refractivity contribution in [3.05, 3.63) is 82.9 Å². The van der Waals surface area contributed by atoms with E-state index < -0.39 is 27.3 Å². The Morgan fingerprint density at radius 2 is 1.77 bits per heavy atom. The molecule has 0 saturated heterocycles. The highest BCUT2D eigenvalue weighted by Gasteiger charge is 2.33. The van der Waals surface area contributed by atoms with Crippen molar-refractivity contribution in [2.24, 2.45) is 4.40 Å². The van der Waals surface area contributed by atoms with E-state index >= 15 is 0 Å². The highest BCUT2D eigenvalue weighted by Crippen LogP contribution is 2.30. The summed E-state index contributed by atoms with van der Waals surface area (Å²) in [5, 5.41) is 13.2. The van der Waals surface area contributed by atoms with Crippen molar-refractivity contribution in [3.8, 4) is 0 Å². The maximum absolute atomic E-state index is 13.2. The topological polar surface area (TPSA) is 95.4 Å². The van der Waals surface area contributed by atoms with Gasteiger partial charge >= 0.3 is 0 Å². The summed E-state index contributed by atoms with van der Waals surface area (Å²) in [5.74, 6) is -1.08. The molecule has 1 heterocycles. The van der Waals surface area contributed by atoms with E-state index in [2.05, 4.69) is 20.3 Å². The van der Waals surface area contributed by atoms with Crippen molar-refractivity contribution in [2.45, 2.75) is 18.4 Å². The van der Waals surface area contributed by atoms with Crippen molar-refractivity contribution < 1.29 is 22.9 Å². The van der Waals surface area contributed by atoms with Gasteiger partial charge in [-0.15, -0.1) is 0 Å². The van der Waals surface area contributed by atoms with E-state index in [9.17, 15) is 18.3 Å². The molecule has 152 valence electrons. The van der Waals surface area contributed by atoms with Crippen LogP contribution in [0.25, 0.3) is 11.5 Å². The zero-order valence-electron chi connectivity index (χ0n) is 15.8. The van der Waals surface area contributed by atoms with Gasteiger partial charge in [-0.25, -0.2) is 9.13 Å². The lowest BCUT2D eigenvalue weighted by atomic mass is 9.91. The van der Waals surface area contributed by atoms with Gasteiger partial charge in [-0.05, 0) is 42.5 Å². The summed E-state index contributed by atoms with van der Waals surface area (Å²) >= 11 is 3.26. The van der Waals surface area contributed by atoms with Crippen LogP contribution in [0.2, 0.25) is 0 Å². The number of carbonyl (C=O) groups excluding carboxylic acids is 1. The maximum Gasteiger partial charge on any atom is 0.283 e. The van der Waals surface area contributed by atoms with E-state index in [4.69, 9.17) is 0 Å². The number of fused-ring (bicyclic) bond motifs is 1. The molecule has 1 aliphatic carbocycles. The molecule has 0 aliphatic heterocycles.